The zero-order valence-corrected chi connectivity index (χ0v) is 50.8. The number of aliphatic carboxylic acids is 2. The van der Waals surface area contributed by atoms with Gasteiger partial charge in [0, 0.05) is 8.93 Å². The van der Waals surface area contributed by atoms with Gasteiger partial charge in [-0.25, -0.2) is 13.2 Å². The third-order valence-electron chi connectivity index (χ3n) is 3.05. The average molecular weight is 975 g/mol. The van der Waals surface area contributed by atoms with E-state index in [1.807, 2.05) is 13.8 Å². The van der Waals surface area contributed by atoms with Gasteiger partial charge in [0.15, 0.2) is 0 Å². The van der Waals surface area contributed by atoms with Gasteiger partial charge in [0.25, 0.3) is 23.1 Å². The van der Waals surface area contributed by atoms with Gasteiger partial charge in [-0.15, -0.1) is 0 Å². The number of carboxylic acids is 2. The molecular formula is C24H34K6O22S2. The predicted octanol–water partition coefficient (Wildman–Crippen LogP) is -21.9. The molecule has 280 valence electrons. The standard InChI is InChI=1S/2C7H8O3S.2C3H4O2.2CH2O3.2CO2.6K.2H2O.2H2.2H/c2*1-6-2-4-7(5-3-6)11(8,9)10;2*1-2-3(4)5;2*2-1-4-3;2*2-1-3;;;;;;;;;;;;/h2*2-5H,1H3,(H,8,9,10);2*2H,1H2,(H,4,5);2*1,3H;;;;;;;;;2*1H2;2*1H;;/q;;;;;;;;6*+1;;;;;2*-1/p-4/i;;;;;;;;;;;;;;;;2*1+1;;. The van der Waals surface area contributed by atoms with Gasteiger partial charge in [-0.3, -0.25) is 14.1 Å². The van der Waals surface area contributed by atoms with E-state index in [4.69, 9.17) is 58.8 Å². The molecule has 30 heteroatoms. The summed E-state index contributed by atoms with van der Waals surface area (Å²) >= 11 is 0. The molecule has 0 fully saturated rings. The van der Waals surface area contributed by atoms with E-state index < -0.39 is 32.2 Å². The van der Waals surface area contributed by atoms with Gasteiger partial charge in [0.05, 0.1) is 15.8 Å². The van der Waals surface area contributed by atoms with Gasteiger partial charge in [-0.2, -0.15) is 27.6 Å². The topological polar surface area (TPSA) is 419 Å². The van der Waals surface area contributed by atoms with E-state index in [2.05, 4.69) is 22.9 Å². The number of benzene rings is 2. The van der Waals surface area contributed by atoms with E-state index in [-0.39, 0.29) is 360 Å². The molecule has 2 aromatic carbocycles. The minimum Gasteiger partial charge on any atom is -1.00 e. The second kappa shape index (κ2) is 71.5. The summed E-state index contributed by atoms with van der Waals surface area (Å²) in [4.78, 5) is 73.1. The van der Waals surface area contributed by atoms with Crippen molar-refractivity contribution in [1.82, 2.24) is 0 Å². The van der Waals surface area contributed by atoms with Crippen LogP contribution >= 0.6 is 0 Å². The fraction of sp³-hybridized carbons (Fsp3) is 0.0833. The molecule has 0 bridgehead atoms. The molecule has 0 amide bonds. The van der Waals surface area contributed by atoms with Gasteiger partial charge in [-0.1, -0.05) is 48.6 Å². The Morgan fingerprint density at radius 1 is 0.704 bits per heavy atom. The maximum Gasteiger partial charge on any atom is 1.00 e. The van der Waals surface area contributed by atoms with Crippen LogP contribution in [0.25, 0.3) is 0 Å². The smallest absolute Gasteiger partial charge is 1.00 e. The van der Waals surface area contributed by atoms with Crippen molar-refractivity contribution in [3.8, 4) is 0 Å². The quantitative estimate of drug-likeness (QED) is 0.0678. The van der Waals surface area contributed by atoms with Crippen molar-refractivity contribution in [2.24, 2.45) is 0 Å². The molecule has 0 heterocycles. The number of aryl methyl sites for hydroxylation is 2. The summed E-state index contributed by atoms with van der Waals surface area (Å²) in [5, 5.41) is 33.6. The van der Waals surface area contributed by atoms with Crippen molar-refractivity contribution >= 4 is 57.4 Å². The first-order chi connectivity index (χ1) is 21.2. The van der Waals surface area contributed by atoms with Crippen LogP contribution in [0.3, 0.4) is 0 Å². The molecule has 0 saturated carbocycles. The predicted molar refractivity (Wildman–Crippen MR) is 151 cm³/mol. The van der Waals surface area contributed by atoms with Crippen LogP contribution in [0.5, 0.6) is 0 Å². The zero-order chi connectivity index (χ0) is 37.8. The molecule has 0 unspecified atom stereocenters. The van der Waals surface area contributed by atoms with Gasteiger partial charge >= 0.3 is 327 Å². The Labute approximate surface area is 571 Å². The Kier molecular flexibility index (Phi) is 129. The minimum atomic E-state index is -4.27. The molecule has 0 aromatic heterocycles. The second-order valence-electron chi connectivity index (χ2n) is 6.17. The van der Waals surface area contributed by atoms with E-state index in [1.54, 1.807) is 24.3 Å². The van der Waals surface area contributed by atoms with Gasteiger partial charge in [0.2, 0.25) is 0 Å². The average Bonchev–Trinajstić information content (AvgIpc) is 2.98. The monoisotopic (exact) mass is 974 g/mol. The largest absolute Gasteiger partial charge is 1.00 e. The number of hydrogen-bond acceptors (Lipinski definition) is 18. The number of carbonyl (C=O) groups excluding carboxylic acids is 7. The molecule has 0 aliphatic heterocycles. The Morgan fingerprint density at radius 2 is 0.889 bits per heavy atom. The number of carboxylic acid groups (broad SMARTS) is 2. The summed E-state index contributed by atoms with van der Waals surface area (Å²) in [5.41, 5.74) is 1.88. The first-order valence-electron chi connectivity index (χ1n) is 10.4. The van der Waals surface area contributed by atoms with Gasteiger partial charge in [-0.05, 0) is 44.2 Å². The summed E-state index contributed by atoms with van der Waals surface area (Å²) in [6.07, 6.45) is 2.06. The maximum absolute atomic E-state index is 10.5. The zero-order valence-electron chi connectivity index (χ0n) is 32.4. The second-order valence-corrected chi connectivity index (χ2v) is 8.97. The molecule has 0 atom stereocenters. The van der Waals surface area contributed by atoms with Crippen LogP contribution in [-0.4, -0.2) is 79.2 Å². The summed E-state index contributed by atoms with van der Waals surface area (Å²) in [7, 11) is -8.29. The number of rotatable bonds is 6. The molecule has 0 radical (unpaired) electrons. The van der Waals surface area contributed by atoms with Crippen LogP contribution in [0.15, 0.2) is 83.6 Å². The Balaban J connectivity index is -0.0000000201. The molecule has 2 rings (SSSR count). The van der Waals surface area contributed by atoms with Crippen LogP contribution in [0.1, 0.15) is 16.8 Å². The third kappa shape index (κ3) is 96.1. The molecule has 22 nitrogen and oxygen atoms in total. The van der Waals surface area contributed by atoms with Crippen LogP contribution in [0.2, 0.25) is 0 Å². The molecule has 0 saturated heterocycles. The summed E-state index contributed by atoms with van der Waals surface area (Å²) in [5.74, 6) is -2.21. The van der Waals surface area contributed by atoms with Crippen LogP contribution in [0.4, 0.5) is 0 Å². The van der Waals surface area contributed by atoms with Crippen molar-refractivity contribution in [1.29, 1.82) is 0 Å². The molecule has 0 aliphatic rings. The summed E-state index contributed by atoms with van der Waals surface area (Å²) in [6, 6.07) is 11.8. The molecule has 0 aliphatic carbocycles. The molecule has 0 spiro atoms. The van der Waals surface area contributed by atoms with Crippen LogP contribution < -0.4 is 324 Å². The molecular weight excluding hydrogens is 939 g/mol. The Bertz CT molecular complexity index is 1360. The number of carbonyl (C=O) groups is 4. The first kappa shape index (κ1) is 97.4. The van der Waals surface area contributed by atoms with Crippen LogP contribution in [0, 0.1) is 13.8 Å². The fourth-order valence-corrected chi connectivity index (χ4v) is 2.36. The number of hydrogen-bond donors (Lipinski definition) is 2. The van der Waals surface area contributed by atoms with Crippen molar-refractivity contribution < 1.29 is 420 Å². The van der Waals surface area contributed by atoms with Gasteiger partial charge in [0.1, 0.15) is 10.1 Å². The Morgan fingerprint density at radius 3 is 1.00 bits per heavy atom. The summed E-state index contributed by atoms with van der Waals surface area (Å²) in [6.45, 7) is 9.16. The SMILES string of the molecule is C=CC(=O)O.C=CC(=O)[O-].Cc1ccc(S(=O)(=O)O)cc1.Cc1ccc(S(=O)(=O)[O-])cc1.O.O.O=C=O.O=C=O.O=CO[O-].O=CO[O-].[2HH].[2HH].[H-].[H-].[K+].[K+].[K+].[K+].[K+].[K+]. The molecule has 54 heavy (non-hydrogen) atoms. The third-order valence-corrected chi connectivity index (χ3v) is 4.77. The molecule has 6 N–H and O–H groups in total. The first-order valence-corrected chi connectivity index (χ1v) is 13.2. The van der Waals surface area contributed by atoms with E-state index >= 15 is 0 Å². The summed E-state index contributed by atoms with van der Waals surface area (Å²) < 4.78 is 60.7. The molecule has 2 aromatic rings. The van der Waals surface area contributed by atoms with Crippen LogP contribution in [-0.2, 0) is 68.4 Å². The van der Waals surface area contributed by atoms with E-state index in [1.165, 1.54) is 24.3 Å². The minimum absolute atomic E-state index is 0. The van der Waals surface area contributed by atoms with Gasteiger partial charge < -0.3 is 53.7 Å². The van der Waals surface area contributed by atoms with E-state index in [0.717, 1.165) is 23.3 Å². The fourth-order valence-electron chi connectivity index (χ4n) is 1.42. The van der Waals surface area contributed by atoms with E-state index in [9.17, 15) is 26.2 Å². The van der Waals surface area contributed by atoms with Crippen molar-refractivity contribution in [2.75, 3.05) is 0 Å². The normalized spacial score (nSPS) is 6.93. The van der Waals surface area contributed by atoms with Crippen molar-refractivity contribution in [3.05, 3.63) is 85.0 Å². The van der Waals surface area contributed by atoms with E-state index in [0.29, 0.717) is 0 Å². The Hall–Kier alpha value is 4.04. The maximum atomic E-state index is 10.5. The van der Waals surface area contributed by atoms with Crippen molar-refractivity contribution in [2.45, 2.75) is 23.6 Å². The van der Waals surface area contributed by atoms with Crippen molar-refractivity contribution in [3.63, 3.8) is 0 Å².